The van der Waals surface area contributed by atoms with E-state index in [1.54, 1.807) is 22.4 Å². The Kier molecular flexibility index (Phi) is 3.84. The molecule has 0 unspecified atom stereocenters. The zero-order valence-electron chi connectivity index (χ0n) is 9.78. The van der Waals surface area contributed by atoms with Gasteiger partial charge < -0.3 is 4.90 Å². The van der Waals surface area contributed by atoms with E-state index >= 15 is 0 Å². The maximum atomic E-state index is 12.2. The highest BCUT2D eigenvalue weighted by Gasteiger charge is 2.29. The second-order valence-corrected chi connectivity index (χ2v) is 6.98. The molecule has 0 aliphatic carbocycles. The van der Waals surface area contributed by atoms with Crippen LogP contribution in [0.15, 0.2) is 34.4 Å². The molecule has 1 aliphatic heterocycles. The molecule has 1 amide bonds. The van der Waals surface area contributed by atoms with Crippen LogP contribution in [0.2, 0.25) is 0 Å². The molecule has 18 heavy (non-hydrogen) atoms. The van der Waals surface area contributed by atoms with Crippen LogP contribution in [0.1, 0.15) is 0 Å². The molecular formula is C11H14N2O3S2. The minimum Gasteiger partial charge on any atom is -0.337 e. The number of nitrogens with zero attached hydrogens (tertiary/aromatic N) is 2. The lowest BCUT2D eigenvalue weighted by Crippen LogP contribution is -2.49. The van der Waals surface area contributed by atoms with Crippen molar-refractivity contribution in [1.29, 1.82) is 0 Å². The third-order valence-corrected chi connectivity index (χ3v) is 6.09. The first-order valence-electron chi connectivity index (χ1n) is 5.50. The second kappa shape index (κ2) is 5.21. The molecule has 1 fully saturated rings. The Morgan fingerprint density at radius 1 is 1.33 bits per heavy atom. The summed E-state index contributed by atoms with van der Waals surface area (Å²) < 4.78 is 26.2. The van der Waals surface area contributed by atoms with Crippen LogP contribution in [0.4, 0.5) is 0 Å². The first-order chi connectivity index (χ1) is 8.55. The molecule has 0 bridgehead atoms. The number of hydrogen-bond acceptors (Lipinski definition) is 4. The topological polar surface area (TPSA) is 57.7 Å². The quantitative estimate of drug-likeness (QED) is 0.771. The summed E-state index contributed by atoms with van der Waals surface area (Å²) in [6, 6.07) is 3.32. The van der Waals surface area contributed by atoms with E-state index in [4.69, 9.17) is 0 Å². The molecule has 1 aromatic heterocycles. The number of carbonyl (C=O) groups is 1. The van der Waals surface area contributed by atoms with Crippen LogP contribution in [0.25, 0.3) is 0 Å². The predicted octanol–water partition coefficient (Wildman–Crippen LogP) is 0.767. The smallest absolute Gasteiger partial charge is 0.252 e. The summed E-state index contributed by atoms with van der Waals surface area (Å²) in [4.78, 5) is 13.0. The van der Waals surface area contributed by atoms with Gasteiger partial charge >= 0.3 is 0 Å². The van der Waals surface area contributed by atoms with Gasteiger partial charge in [0.2, 0.25) is 5.91 Å². The number of carbonyl (C=O) groups excluding carboxylic acids is 1. The molecule has 1 aromatic rings. The fourth-order valence-corrected chi connectivity index (χ4v) is 4.38. The number of amides is 1. The molecule has 5 nitrogen and oxygen atoms in total. The van der Waals surface area contributed by atoms with Crippen LogP contribution in [0, 0.1) is 0 Å². The van der Waals surface area contributed by atoms with Gasteiger partial charge in [-0.05, 0) is 17.5 Å². The van der Waals surface area contributed by atoms with Gasteiger partial charge in [0.25, 0.3) is 10.0 Å². The molecule has 7 heteroatoms. The fraction of sp³-hybridized carbons (Fsp3) is 0.364. The monoisotopic (exact) mass is 286 g/mol. The summed E-state index contributed by atoms with van der Waals surface area (Å²) in [5.41, 5.74) is 0. The van der Waals surface area contributed by atoms with Crippen molar-refractivity contribution in [3.63, 3.8) is 0 Å². The first kappa shape index (κ1) is 13.3. The van der Waals surface area contributed by atoms with E-state index in [0.29, 0.717) is 30.4 Å². The lowest BCUT2D eigenvalue weighted by Gasteiger charge is -2.33. The van der Waals surface area contributed by atoms with Crippen LogP contribution in [0.5, 0.6) is 0 Å². The summed E-state index contributed by atoms with van der Waals surface area (Å²) in [6.07, 6.45) is 1.25. The van der Waals surface area contributed by atoms with Crippen molar-refractivity contribution in [2.24, 2.45) is 0 Å². The van der Waals surface area contributed by atoms with Gasteiger partial charge in [-0.25, -0.2) is 8.42 Å². The Bertz CT molecular complexity index is 529. The van der Waals surface area contributed by atoms with Crippen molar-refractivity contribution in [3.8, 4) is 0 Å². The Labute approximate surface area is 110 Å². The number of sulfonamides is 1. The normalized spacial score (nSPS) is 17.7. The molecule has 0 N–H and O–H groups in total. The Hall–Kier alpha value is -1.18. The van der Waals surface area contributed by atoms with Crippen LogP contribution in [-0.2, 0) is 14.8 Å². The van der Waals surface area contributed by atoms with Gasteiger partial charge in [-0.2, -0.15) is 4.31 Å². The van der Waals surface area contributed by atoms with Crippen molar-refractivity contribution in [2.75, 3.05) is 26.2 Å². The van der Waals surface area contributed by atoms with Crippen LogP contribution >= 0.6 is 11.3 Å². The van der Waals surface area contributed by atoms with Crippen molar-refractivity contribution in [3.05, 3.63) is 30.2 Å². The van der Waals surface area contributed by atoms with Gasteiger partial charge in [-0.15, -0.1) is 11.3 Å². The standard InChI is InChI=1S/C11H14N2O3S2/c1-2-10(14)12-5-7-13(8-6-12)18(15,16)11-4-3-9-17-11/h2-4,9H,1,5-8H2. The highest BCUT2D eigenvalue weighted by Crippen LogP contribution is 2.21. The SMILES string of the molecule is C=CC(=O)N1CCN(S(=O)(=O)c2cccs2)CC1. The average molecular weight is 286 g/mol. The zero-order valence-corrected chi connectivity index (χ0v) is 11.4. The van der Waals surface area contributed by atoms with E-state index in [1.165, 1.54) is 21.7 Å². The van der Waals surface area contributed by atoms with Gasteiger partial charge in [0.15, 0.2) is 0 Å². The molecule has 0 aromatic carbocycles. The zero-order chi connectivity index (χ0) is 13.2. The van der Waals surface area contributed by atoms with Crippen molar-refractivity contribution in [1.82, 2.24) is 9.21 Å². The highest BCUT2D eigenvalue weighted by atomic mass is 32.2. The van der Waals surface area contributed by atoms with Crippen molar-refractivity contribution in [2.45, 2.75) is 4.21 Å². The second-order valence-electron chi connectivity index (χ2n) is 3.87. The highest BCUT2D eigenvalue weighted by molar-refractivity contribution is 7.91. The summed E-state index contributed by atoms with van der Waals surface area (Å²) in [5, 5.41) is 1.74. The minimum atomic E-state index is -3.39. The number of rotatable bonds is 3. The van der Waals surface area contributed by atoms with Crippen molar-refractivity contribution >= 4 is 27.3 Å². The van der Waals surface area contributed by atoms with E-state index in [0.717, 1.165) is 0 Å². The minimum absolute atomic E-state index is 0.150. The lowest BCUT2D eigenvalue weighted by molar-refractivity contribution is -0.127. The van der Waals surface area contributed by atoms with Gasteiger partial charge in [0.05, 0.1) is 0 Å². The van der Waals surface area contributed by atoms with E-state index in [9.17, 15) is 13.2 Å². The van der Waals surface area contributed by atoms with Crippen molar-refractivity contribution < 1.29 is 13.2 Å². The Balaban J connectivity index is 2.06. The summed E-state index contributed by atoms with van der Waals surface area (Å²) >= 11 is 1.21. The summed E-state index contributed by atoms with van der Waals surface area (Å²) in [7, 11) is -3.39. The van der Waals surface area contributed by atoms with Gasteiger partial charge in [0, 0.05) is 26.2 Å². The third-order valence-electron chi connectivity index (χ3n) is 2.81. The number of piperazine rings is 1. The van der Waals surface area contributed by atoms with E-state index < -0.39 is 10.0 Å². The maximum absolute atomic E-state index is 12.2. The molecule has 1 aliphatic rings. The Morgan fingerprint density at radius 2 is 2.00 bits per heavy atom. The molecule has 0 spiro atoms. The molecule has 1 saturated heterocycles. The molecule has 0 radical (unpaired) electrons. The number of thiophene rings is 1. The van der Waals surface area contributed by atoms with Crippen LogP contribution in [-0.4, -0.2) is 49.7 Å². The van der Waals surface area contributed by atoms with E-state index in [2.05, 4.69) is 6.58 Å². The van der Waals surface area contributed by atoms with Crippen LogP contribution in [0.3, 0.4) is 0 Å². The Morgan fingerprint density at radius 3 is 2.50 bits per heavy atom. The summed E-state index contributed by atoms with van der Waals surface area (Å²) in [5.74, 6) is -0.150. The molecular weight excluding hydrogens is 272 g/mol. The molecule has 2 heterocycles. The molecule has 0 atom stereocenters. The molecule has 98 valence electrons. The van der Waals surface area contributed by atoms with Gasteiger partial charge in [-0.1, -0.05) is 12.6 Å². The average Bonchev–Trinajstić information content (AvgIpc) is 2.92. The van der Waals surface area contributed by atoms with E-state index in [-0.39, 0.29) is 5.91 Å². The molecule has 2 rings (SSSR count). The molecule has 0 saturated carbocycles. The predicted molar refractivity (Wildman–Crippen MR) is 69.9 cm³/mol. The first-order valence-corrected chi connectivity index (χ1v) is 7.82. The lowest BCUT2D eigenvalue weighted by atomic mass is 10.3. The fourth-order valence-electron chi connectivity index (χ4n) is 1.82. The number of hydrogen-bond donors (Lipinski definition) is 0. The maximum Gasteiger partial charge on any atom is 0.252 e. The van der Waals surface area contributed by atoms with E-state index in [1.807, 2.05) is 0 Å². The largest absolute Gasteiger partial charge is 0.337 e. The van der Waals surface area contributed by atoms with Gasteiger partial charge in [-0.3, -0.25) is 4.79 Å². The summed E-state index contributed by atoms with van der Waals surface area (Å²) in [6.45, 7) is 4.91. The van der Waals surface area contributed by atoms with Gasteiger partial charge in [0.1, 0.15) is 4.21 Å². The third kappa shape index (κ3) is 2.47. The van der Waals surface area contributed by atoms with Crippen LogP contribution < -0.4 is 0 Å².